The lowest BCUT2D eigenvalue weighted by molar-refractivity contribution is -0.141. The number of hydrogen-bond donors (Lipinski definition) is 2. The van der Waals surface area contributed by atoms with E-state index >= 15 is 0 Å². The maximum Gasteiger partial charge on any atom is 0.331 e. The van der Waals surface area contributed by atoms with Crippen molar-refractivity contribution in [1.29, 1.82) is 0 Å². The van der Waals surface area contributed by atoms with E-state index in [2.05, 4.69) is 0 Å². The molecule has 2 rings (SSSR count). The fourth-order valence-electron chi connectivity index (χ4n) is 2.53. The smallest absolute Gasteiger partial charge is 0.331 e. The Kier molecular flexibility index (Phi) is 5.58. The molecule has 1 atom stereocenters. The zero-order valence-corrected chi connectivity index (χ0v) is 13.7. The van der Waals surface area contributed by atoms with Gasteiger partial charge in [0.1, 0.15) is 17.0 Å². The van der Waals surface area contributed by atoms with Gasteiger partial charge in [-0.1, -0.05) is 31.2 Å². The number of fused-ring (bicyclic) bond motifs is 1. The van der Waals surface area contributed by atoms with Gasteiger partial charge in [0.15, 0.2) is 0 Å². The number of nitrogens with two attached hydrogens (primary N) is 2. The monoisotopic (exact) mass is 316 g/mol. The highest BCUT2D eigenvalue weighted by molar-refractivity contribution is 5.91. The fourth-order valence-corrected chi connectivity index (χ4v) is 2.53. The second-order valence-electron chi connectivity index (χ2n) is 5.64. The number of benzene rings is 2. The summed E-state index contributed by atoms with van der Waals surface area (Å²) in [7, 11) is 1.59. The largest absolute Gasteiger partial charge is 0.496 e. The maximum absolute atomic E-state index is 12.5. The van der Waals surface area contributed by atoms with Crippen LogP contribution in [0, 0.1) is 0 Å². The summed E-state index contributed by atoms with van der Waals surface area (Å²) in [5.41, 5.74) is 10.7. The zero-order chi connectivity index (χ0) is 16.9. The molecule has 23 heavy (non-hydrogen) atoms. The maximum atomic E-state index is 12.5. The summed E-state index contributed by atoms with van der Waals surface area (Å²) >= 11 is 0. The number of carbonyl (C=O) groups excluding carboxylic acids is 1. The first kappa shape index (κ1) is 17.2. The number of methoxy groups -OCH3 is 1. The molecule has 0 fully saturated rings. The molecule has 0 aliphatic carbocycles. The van der Waals surface area contributed by atoms with E-state index in [0.29, 0.717) is 37.3 Å². The lowest BCUT2D eigenvalue weighted by Crippen LogP contribution is -2.50. The van der Waals surface area contributed by atoms with Crippen LogP contribution in [0.2, 0.25) is 0 Å². The predicted molar refractivity (Wildman–Crippen MR) is 91.6 cm³/mol. The summed E-state index contributed by atoms with van der Waals surface area (Å²) in [4.78, 5) is 12.5. The van der Waals surface area contributed by atoms with Crippen molar-refractivity contribution < 1.29 is 14.3 Å². The standard InChI is InChI=1S/C18H24N2O3/c1-3-18(20,9-6-10-19)17(21)23-14-11-13-7-4-5-8-15(13)16(12-14)22-2/h4-5,7-8,11-12H,3,6,9-10,19-20H2,1-2H3/t18-/m0/s1. The van der Waals surface area contributed by atoms with Crippen molar-refractivity contribution in [3.63, 3.8) is 0 Å². The fraction of sp³-hybridized carbons (Fsp3) is 0.389. The van der Waals surface area contributed by atoms with E-state index in [9.17, 15) is 4.79 Å². The van der Waals surface area contributed by atoms with Gasteiger partial charge in [-0.05, 0) is 37.3 Å². The van der Waals surface area contributed by atoms with Crippen LogP contribution in [0.15, 0.2) is 36.4 Å². The topological polar surface area (TPSA) is 87.6 Å². The first-order chi connectivity index (χ1) is 11.0. The molecule has 0 amide bonds. The molecule has 0 radical (unpaired) electrons. The molecule has 124 valence electrons. The van der Waals surface area contributed by atoms with Crippen LogP contribution >= 0.6 is 0 Å². The number of ether oxygens (including phenoxy) is 2. The summed E-state index contributed by atoms with van der Waals surface area (Å²) in [5.74, 6) is 0.652. The van der Waals surface area contributed by atoms with Crippen LogP contribution < -0.4 is 20.9 Å². The predicted octanol–water partition coefficient (Wildman–Crippen LogP) is 2.60. The molecule has 0 bridgehead atoms. The van der Waals surface area contributed by atoms with Crippen LogP contribution in [0.1, 0.15) is 26.2 Å². The van der Waals surface area contributed by atoms with E-state index < -0.39 is 11.5 Å². The summed E-state index contributed by atoms with van der Waals surface area (Å²) in [6, 6.07) is 11.3. The molecule has 5 heteroatoms. The molecular weight excluding hydrogens is 292 g/mol. The number of esters is 1. The highest BCUT2D eigenvalue weighted by Crippen LogP contribution is 2.31. The van der Waals surface area contributed by atoms with Crippen molar-refractivity contribution >= 4 is 16.7 Å². The van der Waals surface area contributed by atoms with Crippen molar-refractivity contribution in [3.8, 4) is 11.5 Å². The average Bonchev–Trinajstić information content (AvgIpc) is 2.58. The average molecular weight is 316 g/mol. The molecule has 0 unspecified atom stereocenters. The summed E-state index contributed by atoms with van der Waals surface area (Å²) in [6.07, 6.45) is 1.68. The van der Waals surface area contributed by atoms with Gasteiger partial charge < -0.3 is 20.9 Å². The first-order valence-electron chi connectivity index (χ1n) is 7.82. The highest BCUT2D eigenvalue weighted by Gasteiger charge is 2.33. The minimum Gasteiger partial charge on any atom is -0.496 e. The molecule has 0 aromatic heterocycles. The van der Waals surface area contributed by atoms with Crippen LogP contribution in [-0.2, 0) is 4.79 Å². The Bertz CT molecular complexity index is 687. The van der Waals surface area contributed by atoms with Crippen molar-refractivity contribution in [2.24, 2.45) is 11.5 Å². The van der Waals surface area contributed by atoms with Gasteiger partial charge in [0.2, 0.25) is 0 Å². The van der Waals surface area contributed by atoms with Gasteiger partial charge in [-0.15, -0.1) is 0 Å². The van der Waals surface area contributed by atoms with E-state index in [-0.39, 0.29) is 0 Å². The third-order valence-corrected chi connectivity index (χ3v) is 4.09. The minimum absolute atomic E-state index is 0.432. The van der Waals surface area contributed by atoms with Crippen molar-refractivity contribution in [3.05, 3.63) is 36.4 Å². The Hall–Kier alpha value is -2.11. The molecule has 0 saturated heterocycles. The molecule has 0 spiro atoms. The molecule has 2 aromatic carbocycles. The molecule has 0 aliphatic rings. The Morgan fingerprint density at radius 1 is 1.26 bits per heavy atom. The third kappa shape index (κ3) is 3.81. The van der Waals surface area contributed by atoms with E-state index in [0.717, 1.165) is 10.8 Å². The Labute approximate surface area is 136 Å². The Balaban J connectivity index is 2.28. The van der Waals surface area contributed by atoms with Crippen molar-refractivity contribution in [2.45, 2.75) is 31.7 Å². The quantitative estimate of drug-likeness (QED) is 0.605. The van der Waals surface area contributed by atoms with Gasteiger partial charge in [-0.25, -0.2) is 4.79 Å². The Morgan fingerprint density at radius 3 is 2.65 bits per heavy atom. The molecule has 0 aliphatic heterocycles. The van der Waals surface area contributed by atoms with Gasteiger partial charge in [0, 0.05) is 11.5 Å². The lowest BCUT2D eigenvalue weighted by atomic mass is 9.92. The molecule has 0 heterocycles. The van der Waals surface area contributed by atoms with Crippen molar-refractivity contribution in [2.75, 3.05) is 13.7 Å². The second kappa shape index (κ2) is 7.44. The van der Waals surface area contributed by atoms with Crippen LogP contribution in [0.4, 0.5) is 0 Å². The van der Waals surface area contributed by atoms with E-state index in [1.807, 2.05) is 37.3 Å². The van der Waals surface area contributed by atoms with Gasteiger partial charge >= 0.3 is 5.97 Å². The normalized spacial score (nSPS) is 13.6. The van der Waals surface area contributed by atoms with Crippen LogP contribution in [-0.4, -0.2) is 25.2 Å². The molecule has 4 N–H and O–H groups in total. The van der Waals surface area contributed by atoms with E-state index in [4.69, 9.17) is 20.9 Å². The summed E-state index contributed by atoms with van der Waals surface area (Å²) in [5, 5.41) is 1.91. The molecule has 5 nitrogen and oxygen atoms in total. The van der Waals surface area contributed by atoms with Crippen LogP contribution in [0.3, 0.4) is 0 Å². The molecule has 2 aromatic rings. The first-order valence-corrected chi connectivity index (χ1v) is 7.82. The summed E-state index contributed by atoms with van der Waals surface area (Å²) < 4.78 is 10.9. The second-order valence-corrected chi connectivity index (χ2v) is 5.64. The zero-order valence-electron chi connectivity index (χ0n) is 13.7. The molecular formula is C18H24N2O3. The van der Waals surface area contributed by atoms with Gasteiger partial charge in [-0.3, -0.25) is 0 Å². The van der Waals surface area contributed by atoms with Crippen LogP contribution in [0.25, 0.3) is 10.8 Å². The third-order valence-electron chi connectivity index (χ3n) is 4.09. The lowest BCUT2D eigenvalue weighted by Gasteiger charge is -2.25. The van der Waals surface area contributed by atoms with Gasteiger partial charge in [0.05, 0.1) is 7.11 Å². The minimum atomic E-state index is -1.02. The van der Waals surface area contributed by atoms with Crippen molar-refractivity contribution in [1.82, 2.24) is 0 Å². The van der Waals surface area contributed by atoms with Crippen LogP contribution in [0.5, 0.6) is 11.5 Å². The SMILES string of the molecule is CC[C@](N)(CCCN)C(=O)Oc1cc(OC)c2ccccc2c1. The highest BCUT2D eigenvalue weighted by atomic mass is 16.5. The number of hydrogen-bond acceptors (Lipinski definition) is 5. The summed E-state index contributed by atoms with van der Waals surface area (Å²) in [6.45, 7) is 2.37. The number of rotatable bonds is 7. The Morgan fingerprint density at radius 2 is 2.00 bits per heavy atom. The number of carbonyl (C=O) groups is 1. The van der Waals surface area contributed by atoms with Gasteiger partial charge in [-0.2, -0.15) is 0 Å². The molecule has 0 saturated carbocycles. The van der Waals surface area contributed by atoms with E-state index in [1.165, 1.54) is 0 Å². The van der Waals surface area contributed by atoms with E-state index in [1.54, 1.807) is 13.2 Å². The van der Waals surface area contributed by atoms with Gasteiger partial charge in [0.25, 0.3) is 0 Å².